The normalized spacial score (nSPS) is 12.1. The summed E-state index contributed by atoms with van der Waals surface area (Å²) in [6.45, 7) is 7.93. The summed E-state index contributed by atoms with van der Waals surface area (Å²) in [5, 5.41) is 0. The molecular formula is C67H130O5. The van der Waals surface area contributed by atoms with Crippen LogP contribution in [0.5, 0.6) is 0 Å². The summed E-state index contributed by atoms with van der Waals surface area (Å²) in [7, 11) is 0. The monoisotopic (exact) mass is 1010 g/mol. The van der Waals surface area contributed by atoms with E-state index in [1.54, 1.807) is 0 Å². The summed E-state index contributed by atoms with van der Waals surface area (Å²) in [5.74, 6) is -0.364. The molecule has 5 nitrogen and oxygen atoms in total. The van der Waals surface area contributed by atoms with Crippen LogP contribution in [0.2, 0.25) is 0 Å². The Morgan fingerprint density at radius 2 is 0.542 bits per heavy atom. The zero-order valence-corrected chi connectivity index (χ0v) is 49.5. The second-order valence-electron chi connectivity index (χ2n) is 22.7. The quantitative estimate of drug-likeness (QED) is 0.0345. The number of esters is 2. The predicted molar refractivity (Wildman–Crippen MR) is 316 cm³/mol. The van der Waals surface area contributed by atoms with Crippen LogP contribution >= 0.6 is 0 Å². The number of allylic oxidation sites excluding steroid dienone is 2. The van der Waals surface area contributed by atoms with Gasteiger partial charge in [-0.3, -0.25) is 9.59 Å². The zero-order valence-electron chi connectivity index (χ0n) is 49.5. The molecule has 0 radical (unpaired) electrons. The van der Waals surface area contributed by atoms with E-state index in [9.17, 15) is 9.59 Å². The molecule has 72 heavy (non-hydrogen) atoms. The van der Waals surface area contributed by atoms with Crippen LogP contribution in [0.1, 0.15) is 380 Å². The van der Waals surface area contributed by atoms with Gasteiger partial charge in [-0.25, -0.2) is 0 Å². The Kier molecular flexibility index (Phi) is 62.7. The minimum absolute atomic E-state index is 0.0959. The van der Waals surface area contributed by atoms with E-state index < -0.39 is 6.10 Å². The number of unbranched alkanes of at least 4 members (excludes halogenated alkanes) is 50. The molecule has 428 valence electrons. The molecule has 0 N–H and O–H groups in total. The van der Waals surface area contributed by atoms with Gasteiger partial charge in [0.05, 0.1) is 6.61 Å². The van der Waals surface area contributed by atoms with Crippen molar-refractivity contribution >= 4 is 11.9 Å². The molecule has 0 spiro atoms. The van der Waals surface area contributed by atoms with Crippen LogP contribution in [0.3, 0.4) is 0 Å². The van der Waals surface area contributed by atoms with Crippen molar-refractivity contribution < 1.29 is 23.8 Å². The van der Waals surface area contributed by atoms with Gasteiger partial charge in [-0.05, 0) is 44.9 Å². The smallest absolute Gasteiger partial charge is 0.306 e. The van der Waals surface area contributed by atoms with E-state index in [0.717, 1.165) is 32.1 Å². The molecular weight excluding hydrogens is 885 g/mol. The molecule has 0 aromatic carbocycles. The average Bonchev–Trinajstić information content (AvgIpc) is 3.38. The maximum atomic E-state index is 12.9. The van der Waals surface area contributed by atoms with Gasteiger partial charge in [0.15, 0.2) is 6.10 Å². The number of carbonyl (C=O) groups is 2. The number of ether oxygens (including phenoxy) is 3. The molecule has 0 saturated carbocycles. The van der Waals surface area contributed by atoms with Crippen molar-refractivity contribution in [1.82, 2.24) is 0 Å². The highest BCUT2D eigenvalue weighted by Gasteiger charge is 2.18. The number of hydrogen-bond acceptors (Lipinski definition) is 5. The third-order valence-electron chi connectivity index (χ3n) is 15.3. The van der Waals surface area contributed by atoms with Gasteiger partial charge < -0.3 is 14.2 Å². The van der Waals surface area contributed by atoms with Crippen LogP contribution in [0, 0.1) is 0 Å². The van der Waals surface area contributed by atoms with E-state index in [4.69, 9.17) is 14.2 Å². The van der Waals surface area contributed by atoms with Crippen molar-refractivity contribution in [2.45, 2.75) is 386 Å². The fourth-order valence-corrected chi connectivity index (χ4v) is 10.3. The van der Waals surface area contributed by atoms with E-state index in [2.05, 4.69) is 32.9 Å². The highest BCUT2D eigenvalue weighted by atomic mass is 16.6. The van der Waals surface area contributed by atoms with Crippen molar-refractivity contribution in [3.8, 4) is 0 Å². The number of hydrogen-bond donors (Lipinski definition) is 0. The number of rotatable bonds is 63. The van der Waals surface area contributed by atoms with Gasteiger partial charge in [0.25, 0.3) is 0 Å². The standard InChI is InChI=1S/C67H130O5/c1-4-7-10-13-16-19-22-25-28-31-33-34-36-37-39-42-45-48-51-54-57-60-66(68)71-64-65(63-70-62-59-56-53-50-47-44-41-30-27-24-21-18-15-12-9-6-3)72-67(69)61-58-55-52-49-46-43-40-38-35-32-29-26-23-20-17-14-11-8-5-2/h25,28,65H,4-24,26-27,29-64H2,1-3H3/b28-25-/t65-/m1/s1. The minimum Gasteiger partial charge on any atom is -0.462 e. The fraction of sp³-hybridized carbons (Fsp3) is 0.940. The number of carbonyl (C=O) groups excluding carboxylic acids is 2. The Balaban J connectivity index is 4.18. The first kappa shape index (κ1) is 70.6. The SMILES string of the molecule is CCCCCCCC/C=C\CCCCCCCCCCCCCC(=O)OC[C@@H](COCCCCCCCCCCCCCCCCCC)OC(=O)CCCCCCCCCCCCCCCCCCCCC. The van der Waals surface area contributed by atoms with Crippen LogP contribution in [0.4, 0.5) is 0 Å². The maximum Gasteiger partial charge on any atom is 0.306 e. The molecule has 0 unspecified atom stereocenters. The lowest BCUT2D eigenvalue weighted by atomic mass is 10.0. The lowest BCUT2D eigenvalue weighted by Gasteiger charge is -2.18. The second-order valence-corrected chi connectivity index (χ2v) is 22.7. The van der Waals surface area contributed by atoms with Crippen molar-refractivity contribution in [1.29, 1.82) is 0 Å². The first-order chi connectivity index (χ1) is 35.6. The predicted octanol–water partition coefficient (Wildman–Crippen LogP) is 22.9. The van der Waals surface area contributed by atoms with Crippen molar-refractivity contribution in [3.05, 3.63) is 12.2 Å². The molecule has 0 aromatic heterocycles. The molecule has 0 rings (SSSR count). The molecule has 0 amide bonds. The second kappa shape index (κ2) is 63.9. The van der Waals surface area contributed by atoms with Gasteiger partial charge in [0.1, 0.15) is 6.61 Å². The molecule has 0 bridgehead atoms. The van der Waals surface area contributed by atoms with Crippen LogP contribution in [-0.4, -0.2) is 37.9 Å². The summed E-state index contributed by atoms with van der Waals surface area (Å²) >= 11 is 0. The van der Waals surface area contributed by atoms with Crippen LogP contribution in [0.25, 0.3) is 0 Å². The van der Waals surface area contributed by atoms with Crippen molar-refractivity contribution in [2.75, 3.05) is 19.8 Å². The van der Waals surface area contributed by atoms with Crippen LogP contribution < -0.4 is 0 Å². The molecule has 5 heteroatoms. The Hall–Kier alpha value is -1.36. The Bertz CT molecular complexity index is 1060. The summed E-state index contributed by atoms with van der Waals surface area (Å²) < 4.78 is 17.6. The van der Waals surface area contributed by atoms with Gasteiger partial charge in [-0.15, -0.1) is 0 Å². The maximum absolute atomic E-state index is 12.9. The average molecular weight is 1020 g/mol. The highest BCUT2D eigenvalue weighted by molar-refractivity contribution is 5.70. The van der Waals surface area contributed by atoms with Crippen molar-refractivity contribution in [2.24, 2.45) is 0 Å². The molecule has 0 aliphatic heterocycles. The van der Waals surface area contributed by atoms with E-state index in [0.29, 0.717) is 26.1 Å². The lowest BCUT2D eigenvalue weighted by Crippen LogP contribution is -2.30. The largest absolute Gasteiger partial charge is 0.462 e. The molecule has 1 atom stereocenters. The van der Waals surface area contributed by atoms with E-state index in [1.807, 2.05) is 0 Å². The highest BCUT2D eigenvalue weighted by Crippen LogP contribution is 2.18. The zero-order chi connectivity index (χ0) is 52.0. The summed E-state index contributed by atoms with van der Waals surface area (Å²) in [6, 6.07) is 0. The molecule has 0 aromatic rings. The van der Waals surface area contributed by atoms with Gasteiger partial charge in [0.2, 0.25) is 0 Å². The Morgan fingerprint density at radius 1 is 0.292 bits per heavy atom. The summed E-state index contributed by atoms with van der Waals surface area (Å²) in [6.07, 6.45) is 76.9. The molecule has 0 heterocycles. The van der Waals surface area contributed by atoms with Crippen LogP contribution in [0.15, 0.2) is 12.2 Å². The first-order valence-corrected chi connectivity index (χ1v) is 33.2. The molecule has 0 aliphatic carbocycles. The summed E-state index contributed by atoms with van der Waals surface area (Å²) in [5.41, 5.74) is 0. The van der Waals surface area contributed by atoms with E-state index in [1.165, 1.54) is 315 Å². The van der Waals surface area contributed by atoms with Gasteiger partial charge in [-0.1, -0.05) is 335 Å². The van der Waals surface area contributed by atoms with Crippen LogP contribution in [-0.2, 0) is 23.8 Å². The minimum atomic E-state index is -0.528. The Morgan fingerprint density at radius 3 is 0.847 bits per heavy atom. The van der Waals surface area contributed by atoms with Gasteiger partial charge in [0, 0.05) is 19.4 Å². The van der Waals surface area contributed by atoms with Gasteiger partial charge in [-0.2, -0.15) is 0 Å². The lowest BCUT2D eigenvalue weighted by molar-refractivity contribution is -0.163. The molecule has 0 aliphatic rings. The third kappa shape index (κ3) is 61.2. The third-order valence-corrected chi connectivity index (χ3v) is 15.3. The van der Waals surface area contributed by atoms with E-state index >= 15 is 0 Å². The fourth-order valence-electron chi connectivity index (χ4n) is 10.3. The first-order valence-electron chi connectivity index (χ1n) is 33.2. The molecule has 0 saturated heterocycles. The molecule has 0 fully saturated rings. The van der Waals surface area contributed by atoms with E-state index in [-0.39, 0.29) is 18.5 Å². The van der Waals surface area contributed by atoms with Gasteiger partial charge >= 0.3 is 11.9 Å². The summed E-state index contributed by atoms with van der Waals surface area (Å²) in [4.78, 5) is 25.7. The Labute approximate surface area is 452 Å². The van der Waals surface area contributed by atoms with Crippen molar-refractivity contribution in [3.63, 3.8) is 0 Å². The topological polar surface area (TPSA) is 61.8 Å².